The number of carboxylic acid groups (broad SMARTS) is 1. The van der Waals surface area contributed by atoms with Gasteiger partial charge in [0.1, 0.15) is 11.6 Å². The molecule has 0 radical (unpaired) electrons. The molecule has 3 aromatic rings. The van der Waals surface area contributed by atoms with Gasteiger partial charge in [0.2, 0.25) is 0 Å². The number of alkyl halides is 3. The molecule has 0 fully saturated rings. The standard InChI is InChI=1S/C19H20F3NO3.C6H5FS/c1-12(2)23-10-13-6-7-17(26-11-18(24)25)16(8-13)14-4-3-5-15(9-14)19(20,21)22;7-5-1-3-6(8)4-2-5/h3-9,12,23H,10-11H2,1-2H3,(H,24,25);1-4,8H. The van der Waals surface area contributed by atoms with E-state index in [-0.39, 0.29) is 17.6 Å². The zero-order chi connectivity index (χ0) is 25.3. The van der Waals surface area contributed by atoms with Crippen molar-refractivity contribution >= 4 is 18.6 Å². The predicted molar refractivity (Wildman–Crippen MR) is 126 cm³/mol. The average Bonchev–Trinajstić information content (AvgIpc) is 2.78. The van der Waals surface area contributed by atoms with Crippen LogP contribution in [0.15, 0.2) is 71.6 Å². The number of aliphatic carboxylic acids is 1. The molecule has 0 unspecified atom stereocenters. The summed E-state index contributed by atoms with van der Waals surface area (Å²) < 4.78 is 56.3. The van der Waals surface area contributed by atoms with Gasteiger partial charge in [0.05, 0.1) is 5.56 Å². The van der Waals surface area contributed by atoms with Crippen LogP contribution in [0.5, 0.6) is 5.75 Å². The number of thiol groups is 1. The lowest BCUT2D eigenvalue weighted by molar-refractivity contribution is -0.139. The van der Waals surface area contributed by atoms with Gasteiger partial charge in [-0.05, 0) is 59.7 Å². The fourth-order valence-corrected chi connectivity index (χ4v) is 2.95. The van der Waals surface area contributed by atoms with E-state index in [0.29, 0.717) is 17.7 Å². The summed E-state index contributed by atoms with van der Waals surface area (Å²) in [5, 5.41) is 12.0. The van der Waals surface area contributed by atoms with Crippen LogP contribution >= 0.6 is 12.6 Å². The van der Waals surface area contributed by atoms with Crippen LogP contribution in [-0.2, 0) is 17.5 Å². The highest BCUT2D eigenvalue weighted by molar-refractivity contribution is 7.80. The number of hydrogen-bond acceptors (Lipinski definition) is 4. The quantitative estimate of drug-likeness (QED) is 0.261. The summed E-state index contributed by atoms with van der Waals surface area (Å²) >= 11 is 3.97. The van der Waals surface area contributed by atoms with E-state index < -0.39 is 24.3 Å². The van der Waals surface area contributed by atoms with Crippen molar-refractivity contribution in [2.24, 2.45) is 0 Å². The molecule has 182 valence electrons. The minimum Gasteiger partial charge on any atom is -0.481 e. The Morgan fingerprint density at radius 1 is 1.06 bits per heavy atom. The molecule has 0 atom stereocenters. The molecule has 9 heteroatoms. The molecule has 0 heterocycles. The van der Waals surface area contributed by atoms with E-state index in [9.17, 15) is 22.4 Å². The maximum atomic E-state index is 13.0. The molecule has 0 aliphatic rings. The molecule has 4 nitrogen and oxygen atoms in total. The topological polar surface area (TPSA) is 58.6 Å². The Bertz CT molecular complexity index is 1070. The maximum Gasteiger partial charge on any atom is 0.416 e. The van der Waals surface area contributed by atoms with E-state index in [1.807, 2.05) is 13.8 Å². The number of rotatable bonds is 7. The molecule has 3 aromatic carbocycles. The van der Waals surface area contributed by atoms with E-state index in [1.165, 1.54) is 24.3 Å². The van der Waals surface area contributed by atoms with Gasteiger partial charge in [-0.15, -0.1) is 12.6 Å². The number of carbonyl (C=O) groups is 1. The maximum absolute atomic E-state index is 13.0. The molecule has 0 saturated heterocycles. The van der Waals surface area contributed by atoms with Gasteiger partial charge < -0.3 is 15.2 Å². The fourth-order valence-electron chi connectivity index (χ4n) is 2.80. The molecule has 0 bridgehead atoms. The normalized spacial score (nSPS) is 11.1. The van der Waals surface area contributed by atoms with Crippen LogP contribution in [0.1, 0.15) is 25.0 Å². The van der Waals surface area contributed by atoms with Crippen molar-refractivity contribution in [1.29, 1.82) is 0 Å². The molecule has 0 amide bonds. The summed E-state index contributed by atoms with van der Waals surface area (Å²) in [5.41, 5.74) is 0.811. The third-order valence-electron chi connectivity index (χ3n) is 4.44. The summed E-state index contributed by atoms with van der Waals surface area (Å²) in [4.78, 5) is 11.6. The highest BCUT2D eigenvalue weighted by atomic mass is 32.1. The van der Waals surface area contributed by atoms with Crippen molar-refractivity contribution in [3.8, 4) is 16.9 Å². The van der Waals surface area contributed by atoms with Crippen LogP contribution in [-0.4, -0.2) is 23.7 Å². The van der Waals surface area contributed by atoms with Gasteiger partial charge in [-0.3, -0.25) is 0 Å². The number of carboxylic acids is 1. The van der Waals surface area contributed by atoms with E-state index in [0.717, 1.165) is 22.6 Å². The summed E-state index contributed by atoms with van der Waals surface area (Å²) in [7, 11) is 0. The van der Waals surface area contributed by atoms with Gasteiger partial charge in [-0.25, -0.2) is 9.18 Å². The first kappa shape index (κ1) is 27.2. The molecule has 0 aliphatic heterocycles. The Labute approximate surface area is 201 Å². The number of nitrogens with one attached hydrogen (secondary N) is 1. The molecule has 3 rings (SSSR count). The third kappa shape index (κ3) is 9.07. The van der Waals surface area contributed by atoms with Crippen LogP contribution in [0.3, 0.4) is 0 Å². The molecular weight excluding hydrogens is 470 g/mol. The Kier molecular flexibility index (Phi) is 9.95. The van der Waals surface area contributed by atoms with Crippen LogP contribution in [0.2, 0.25) is 0 Å². The Balaban J connectivity index is 0.000000430. The van der Waals surface area contributed by atoms with Crippen molar-refractivity contribution in [3.05, 3.63) is 83.7 Å². The van der Waals surface area contributed by atoms with E-state index in [1.54, 1.807) is 30.3 Å². The number of benzene rings is 3. The van der Waals surface area contributed by atoms with Crippen molar-refractivity contribution in [1.82, 2.24) is 5.32 Å². The summed E-state index contributed by atoms with van der Waals surface area (Å²) in [6.07, 6.45) is -4.46. The smallest absolute Gasteiger partial charge is 0.416 e. The second kappa shape index (κ2) is 12.4. The molecule has 34 heavy (non-hydrogen) atoms. The molecule has 2 N–H and O–H groups in total. The van der Waals surface area contributed by atoms with Gasteiger partial charge >= 0.3 is 12.1 Å². The molecule has 0 aliphatic carbocycles. The van der Waals surface area contributed by atoms with E-state index in [4.69, 9.17) is 9.84 Å². The SMILES string of the molecule is CC(C)NCc1ccc(OCC(=O)O)c(-c2cccc(C(F)(F)F)c2)c1.Fc1ccc(S)cc1. The predicted octanol–water partition coefficient (Wildman–Crippen LogP) is 6.45. The lowest BCUT2D eigenvalue weighted by atomic mass is 9.99. The summed E-state index contributed by atoms with van der Waals surface area (Å²) in [6, 6.07) is 16.1. The van der Waals surface area contributed by atoms with E-state index in [2.05, 4.69) is 17.9 Å². The molecule has 0 spiro atoms. The fraction of sp³-hybridized carbons (Fsp3) is 0.240. The van der Waals surface area contributed by atoms with Gasteiger partial charge in [0, 0.05) is 23.0 Å². The highest BCUT2D eigenvalue weighted by Gasteiger charge is 2.30. The van der Waals surface area contributed by atoms with Gasteiger partial charge in [0.15, 0.2) is 6.61 Å². The Morgan fingerprint density at radius 3 is 2.29 bits per heavy atom. The van der Waals surface area contributed by atoms with Crippen LogP contribution in [0.4, 0.5) is 17.6 Å². The Morgan fingerprint density at radius 2 is 1.74 bits per heavy atom. The highest BCUT2D eigenvalue weighted by Crippen LogP contribution is 2.36. The van der Waals surface area contributed by atoms with Crippen molar-refractivity contribution in [2.45, 2.75) is 37.5 Å². The average molecular weight is 496 g/mol. The van der Waals surface area contributed by atoms with Crippen LogP contribution < -0.4 is 10.1 Å². The minimum atomic E-state index is -4.46. The van der Waals surface area contributed by atoms with Gasteiger partial charge in [-0.2, -0.15) is 13.2 Å². The number of hydrogen-bond donors (Lipinski definition) is 3. The number of ether oxygens (including phenoxy) is 1. The summed E-state index contributed by atoms with van der Waals surface area (Å²) in [6.45, 7) is 3.93. The molecular formula is C25H25F4NO3S. The van der Waals surface area contributed by atoms with Crippen LogP contribution in [0.25, 0.3) is 11.1 Å². The lowest BCUT2D eigenvalue weighted by Gasteiger charge is -2.15. The largest absolute Gasteiger partial charge is 0.481 e. The third-order valence-corrected chi connectivity index (χ3v) is 4.74. The van der Waals surface area contributed by atoms with Crippen LogP contribution in [0, 0.1) is 5.82 Å². The first-order chi connectivity index (χ1) is 16.0. The minimum absolute atomic E-state index is 0.220. The van der Waals surface area contributed by atoms with Crippen molar-refractivity contribution in [2.75, 3.05) is 6.61 Å². The lowest BCUT2D eigenvalue weighted by Crippen LogP contribution is -2.21. The first-order valence-corrected chi connectivity index (χ1v) is 10.7. The second-order valence-corrected chi connectivity index (χ2v) is 8.12. The zero-order valence-electron chi connectivity index (χ0n) is 18.6. The Hall–Kier alpha value is -3.04. The van der Waals surface area contributed by atoms with Gasteiger partial charge in [0.25, 0.3) is 0 Å². The van der Waals surface area contributed by atoms with Gasteiger partial charge in [-0.1, -0.05) is 32.0 Å². The van der Waals surface area contributed by atoms with E-state index >= 15 is 0 Å². The molecule has 0 saturated carbocycles. The second-order valence-electron chi connectivity index (χ2n) is 7.60. The first-order valence-electron chi connectivity index (χ1n) is 10.3. The zero-order valence-corrected chi connectivity index (χ0v) is 19.5. The van der Waals surface area contributed by atoms with Crippen molar-refractivity contribution < 1.29 is 32.2 Å². The summed E-state index contributed by atoms with van der Waals surface area (Å²) in [5.74, 6) is -1.16. The van der Waals surface area contributed by atoms with Crippen molar-refractivity contribution in [3.63, 3.8) is 0 Å². The molecule has 0 aromatic heterocycles. The number of halogens is 4. The monoisotopic (exact) mass is 495 g/mol.